The third-order valence-corrected chi connectivity index (χ3v) is 4.53. The van der Waals surface area contributed by atoms with Gasteiger partial charge in [-0.1, -0.05) is 30.3 Å². The molecule has 1 amide bonds. The van der Waals surface area contributed by atoms with Gasteiger partial charge in [0, 0.05) is 35.3 Å². The zero-order valence-electron chi connectivity index (χ0n) is 16.1. The van der Waals surface area contributed by atoms with Gasteiger partial charge in [0.15, 0.2) is 6.61 Å². The number of ether oxygens (including phenoxy) is 1. The predicted octanol–water partition coefficient (Wildman–Crippen LogP) is 4.39. The number of benzene rings is 3. The summed E-state index contributed by atoms with van der Waals surface area (Å²) in [5.41, 5.74) is 1.84. The maximum Gasteiger partial charge on any atom is 0.336 e. The lowest BCUT2D eigenvalue weighted by molar-refractivity contribution is -0.384. The molecule has 154 valence electrons. The van der Waals surface area contributed by atoms with Crippen molar-refractivity contribution in [2.24, 2.45) is 0 Å². The molecule has 0 aliphatic heterocycles. The van der Waals surface area contributed by atoms with Crippen molar-refractivity contribution >= 4 is 28.3 Å². The molecule has 8 heteroatoms. The molecule has 0 radical (unpaired) electrons. The van der Waals surface area contributed by atoms with E-state index in [9.17, 15) is 19.7 Å². The summed E-state index contributed by atoms with van der Waals surface area (Å²) in [6.07, 6.45) is 0. The Hall–Kier alpha value is -4.46. The summed E-state index contributed by atoms with van der Waals surface area (Å²) in [5, 5.41) is 14.0. The first-order valence-electron chi connectivity index (χ1n) is 9.30. The standard InChI is InChI=1S/C23H16N2O6/c26-22(24-16-6-8-17(9-7-16)25(28)29)14-30-18-10-11-19-20(15-4-2-1-3-5-15)13-23(27)31-21(19)12-18/h1-13H,14H2,(H,24,26). The van der Waals surface area contributed by atoms with Crippen molar-refractivity contribution < 1.29 is 18.9 Å². The molecule has 4 rings (SSSR count). The minimum Gasteiger partial charge on any atom is -0.484 e. The van der Waals surface area contributed by atoms with Crippen LogP contribution < -0.4 is 15.7 Å². The Morgan fingerprint density at radius 3 is 2.45 bits per heavy atom. The van der Waals surface area contributed by atoms with Gasteiger partial charge in [-0.3, -0.25) is 14.9 Å². The molecule has 0 aliphatic carbocycles. The number of amides is 1. The molecule has 1 aromatic heterocycles. The van der Waals surface area contributed by atoms with E-state index >= 15 is 0 Å². The first-order chi connectivity index (χ1) is 15.0. The zero-order chi connectivity index (χ0) is 21.8. The molecule has 1 heterocycles. The second kappa shape index (κ2) is 8.50. The minimum absolute atomic E-state index is 0.0678. The van der Waals surface area contributed by atoms with Crippen molar-refractivity contribution in [1.29, 1.82) is 0 Å². The van der Waals surface area contributed by atoms with E-state index in [0.717, 1.165) is 16.5 Å². The van der Waals surface area contributed by atoms with E-state index < -0.39 is 16.5 Å². The summed E-state index contributed by atoms with van der Waals surface area (Å²) >= 11 is 0. The monoisotopic (exact) mass is 416 g/mol. The van der Waals surface area contributed by atoms with E-state index in [1.165, 1.54) is 30.3 Å². The number of rotatable bonds is 6. The molecule has 0 atom stereocenters. The molecule has 3 aromatic carbocycles. The van der Waals surface area contributed by atoms with Gasteiger partial charge in [-0.05, 0) is 35.4 Å². The van der Waals surface area contributed by atoms with Crippen LogP contribution in [0.5, 0.6) is 5.75 Å². The topological polar surface area (TPSA) is 112 Å². The summed E-state index contributed by atoms with van der Waals surface area (Å²) in [6.45, 7) is -0.287. The Labute approximate surface area is 175 Å². The number of nitro benzene ring substituents is 1. The van der Waals surface area contributed by atoms with Crippen LogP contribution in [0.1, 0.15) is 0 Å². The third-order valence-electron chi connectivity index (χ3n) is 4.53. The Bertz CT molecular complexity index is 1310. The van der Waals surface area contributed by atoms with E-state index in [-0.39, 0.29) is 12.3 Å². The number of non-ortho nitro benzene ring substituents is 1. The maximum atomic E-state index is 12.1. The number of fused-ring (bicyclic) bond motifs is 1. The van der Waals surface area contributed by atoms with Gasteiger partial charge in [-0.15, -0.1) is 0 Å². The number of nitro groups is 1. The van der Waals surface area contributed by atoms with Gasteiger partial charge < -0.3 is 14.5 Å². The molecular formula is C23H16N2O6. The number of nitrogens with one attached hydrogen (secondary N) is 1. The number of anilines is 1. The quantitative estimate of drug-likeness (QED) is 0.283. The van der Waals surface area contributed by atoms with Crippen LogP contribution in [0.15, 0.2) is 88.1 Å². The molecule has 0 saturated carbocycles. The highest BCUT2D eigenvalue weighted by atomic mass is 16.6. The van der Waals surface area contributed by atoms with E-state index in [1.54, 1.807) is 18.2 Å². The van der Waals surface area contributed by atoms with Gasteiger partial charge in [0.05, 0.1) is 4.92 Å². The Kier molecular flexibility index (Phi) is 5.44. The Morgan fingerprint density at radius 1 is 1.00 bits per heavy atom. The molecule has 0 unspecified atom stereocenters. The lowest BCUT2D eigenvalue weighted by atomic mass is 10.0. The van der Waals surface area contributed by atoms with Crippen molar-refractivity contribution in [3.8, 4) is 16.9 Å². The molecule has 1 N–H and O–H groups in total. The molecule has 0 saturated heterocycles. The van der Waals surface area contributed by atoms with Crippen LogP contribution in [0.2, 0.25) is 0 Å². The summed E-state index contributed by atoms with van der Waals surface area (Å²) in [7, 11) is 0. The van der Waals surface area contributed by atoms with Crippen LogP contribution in [0.3, 0.4) is 0 Å². The number of hydrogen-bond donors (Lipinski definition) is 1. The number of hydrogen-bond acceptors (Lipinski definition) is 6. The fraction of sp³-hybridized carbons (Fsp3) is 0.0435. The summed E-state index contributed by atoms with van der Waals surface area (Å²) in [4.78, 5) is 34.3. The number of nitrogens with zero attached hydrogens (tertiary/aromatic N) is 1. The van der Waals surface area contributed by atoms with Crippen molar-refractivity contribution in [2.45, 2.75) is 0 Å². The molecule has 0 spiro atoms. The first-order valence-corrected chi connectivity index (χ1v) is 9.30. The zero-order valence-corrected chi connectivity index (χ0v) is 16.1. The smallest absolute Gasteiger partial charge is 0.336 e. The van der Waals surface area contributed by atoms with Crippen LogP contribution in [-0.4, -0.2) is 17.4 Å². The largest absolute Gasteiger partial charge is 0.484 e. The molecule has 0 fully saturated rings. The summed E-state index contributed by atoms with van der Waals surface area (Å²) < 4.78 is 10.8. The average Bonchev–Trinajstić information content (AvgIpc) is 2.78. The van der Waals surface area contributed by atoms with Gasteiger partial charge in [-0.2, -0.15) is 0 Å². The second-order valence-corrected chi connectivity index (χ2v) is 6.64. The highest BCUT2D eigenvalue weighted by Crippen LogP contribution is 2.29. The van der Waals surface area contributed by atoms with Gasteiger partial charge in [0.25, 0.3) is 11.6 Å². The van der Waals surface area contributed by atoms with Gasteiger partial charge >= 0.3 is 5.63 Å². The van der Waals surface area contributed by atoms with E-state index in [1.807, 2.05) is 30.3 Å². The Balaban J connectivity index is 1.48. The van der Waals surface area contributed by atoms with Crippen LogP contribution >= 0.6 is 0 Å². The predicted molar refractivity (Wildman–Crippen MR) is 115 cm³/mol. The number of carbonyl (C=O) groups is 1. The molecule has 31 heavy (non-hydrogen) atoms. The van der Waals surface area contributed by atoms with Crippen LogP contribution in [-0.2, 0) is 4.79 Å². The lowest BCUT2D eigenvalue weighted by Crippen LogP contribution is -2.20. The molecule has 8 nitrogen and oxygen atoms in total. The van der Waals surface area contributed by atoms with E-state index in [0.29, 0.717) is 17.0 Å². The molecule has 4 aromatic rings. The van der Waals surface area contributed by atoms with Gasteiger partial charge in [-0.25, -0.2) is 4.79 Å². The third kappa shape index (κ3) is 4.59. The van der Waals surface area contributed by atoms with Gasteiger partial charge in [0.1, 0.15) is 11.3 Å². The minimum atomic E-state index is -0.518. The fourth-order valence-corrected chi connectivity index (χ4v) is 3.10. The summed E-state index contributed by atoms with van der Waals surface area (Å²) in [5.74, 6) is -0.0758. The molecular weight excluding hydrogens is 400 g/mol. The van der Waals surface area contributed by atoms with Crippen molar-refractivity contribution in [2.75, 3.05) is 11.9 Å². The average molecular weight is 416 g/mol. The summed E-state index contributed by atoms with van der Waals surface area (Å²) in [6, 6.07) is 21.4. The van der Waals surface area contributed by atoms with Crippen LogP contribution in [0.25, 0.3) is 22.1 Å². The SMILES string of the molecule is O=C(COc1ccc2c(-c3ccccc3)cc(=O)oc2c1)Nc1ccc([N+](=O)[O-])cc1. The normalized spacial score (nSPS) is 10.6. The molecule has 0 bridgehead atoms. The van der Waals surface area contributed by atoms with Crippen LogP contribution in [0.4, 0.5) is 11.4 Å². The Morgan fingerprint density at radius 2 is 1.74 bits per heavy atom. The first kappa shape index (κ1) is 19.8. The van der Waals surface area contributed by atoms with Crippen LogP contribution in [0, 0.1) is 10.1 Å². The van der Waals surface area contributed by atoms with E-state index in [2.05, 4.69) is 5.32 Å². The van der Waals surface area contributed by atoms with E-state index in [4.69, 9.17) is 9.15 Å². The van der Waals surface area contributed by atoms with Crippen molar-refractivity contribution in [3.05, 3.63) is 99.4 Å². The highest BCUT2D eigenvalue weighted by molar-refractivity contribution is 5.94. The van der Waals surface area contributed by atoms with Crippen molar-refractivity contribution in [3.63, 3.8) is 0 Å². The molecule has 0 aliphatic rings. The maximum absolute atomic E-state index is 12.1. The highest BCUT2D eigenvalue weighted by Gasteiger charge is 2.11. The van der Waals surface area contributed by atoms with Crippen molar-refractivity contribution in [1.82, 2.24) is 0 Å². The lowest BCUT2D eigenvalue weighted by Gasteiger charge is -2.09. The second-order valence-electron chi connectivity index (χ2n) is 6.64. The number of carbonyl (C=O) groups excluding carboxylic acids is 1. The fourth-order valence-electron chi connectivity index (χ4n) is 3.10. The van der Waals surface area contributed by atoms with Gasteiger partial charge in [0.2, 0.25) is 0 Å².